The molecule has 0 saturated carbocycles. The van der Waals surface area contributed by atoms with E-state index in [9.17, 15) is 18.0 Å². The minimum atomic E-state index is -3.73. The van der Waals surface area contributed by atoms with Gasteiger partial charge < -0.3 is 15.4 Å². The van der Waals surface area contributed by atoms with Crippen molar-refractivity contribution >= 4 is 27.5 Å². The quantitative estimate of drug-likeness (QED) is 0.591. The molecular weight excluding hydrogens is 430 g/mol. The van der Waals surface area contributed by atoms with Gasteiger partial charge in [0.2, 0.25) is 10.0 Å². The third-order valence-electron chi connectivity index (χ3n) is 5.30. The first-order chi connectivity index (χ1) is 15.3. The maximum Gasteiger partial charge on any atom is 0.255 e. The van der Waals surface area contributed by atoms with Crippen molar-refractivity contribution in [2.75, 3.05) is 38.2 Å². The van der Waals surface area contributed by atoms with Gasteiger partial charge >= 0.3 is 0 Å². The van der Waals surface area contributed by atoms with Crippen LogP contribution in [0, 0.1) is 6.92 Å². The molecule has 2 N–H and O–H groups in total. The van der Waals surface area contributed by atoms with E-state index in [2.05, 4.69) is 10.6 Å². The molecule has 172 valence electrons. The average molecular weight is 460 g/mol. The number of nitrogens with one attached hydrogen (secondary N) is 2. The van der Waals surface area contributed by atoms with E-state index in [0.717, 1.165) is 12.8 Å². The summed E-state index contributed by atoms with van der Waals surface area (Å²) in [6, 6.07) is 11.3. The Balaban J connectivity index is 1.83. The van der Waals surface area contributed by atoms with Crippen LogP contribution in [-0.2, 0) is 14.8 Å². The molecule has 32 heavy (non-hydrogen) atoms. The van der Waals surface area contributed by atoms with Crippen LogP contribution >= 0.6 is 0 Å². The monoisotopic (exact) mass is 459 g/mol. The topological polar surface area (TPSA) is 105 Å². The Bertz CT molecular complexity index is 1080. The Kier molecular flexibility index (Phi) is 8.00. The number of hydrogen-bond donors (Lipinski definition) is 2. The van der Waals surface area contributed by atoms with E-state index in [1.54, 1.807) is 37.3 Å². The van der Waals surface area contributed by atoms with Crippen LogP contribution < -0.4 is 10.6 Å². The van der Waals surface area contributed by atoms with Gasteiger partial charge in [-0.05, 0) is 43.2 Å². The number of sulfonamides is 1. The summed E-state index contributed by atoms with van der Waals surface area (Å²) in [5.74, 6) is -0.745. The molecule has 1 heterocycles. The highest BCUT2D eigenvalue weighted by Crippen LogP contribution is 2.22. The van der Waals surface area contributed by atoms with Gasteiger partial charge in [-0.15, -0.1) is 0 Å². The lowest BCUT2D eigenvalue weighted by atomic mass is 10.1. The second-order valence-corrected chi connectivity index (χ2v) is 9.54. The lowest BCUT2D eigenvalue weighted by Gasteiger charge is -2.26. The van der Waals surface area contributed by atoms with Gasteiger partial charge in [-0.25, -0.2) is 8.42 Å². The third-order valence-corrected chi connectivity index (χ3v) is 7.19. The first-order valence-electron chi connectivity index (χ1n) is 10.7. The molecule has 0 aromatic heterocycles. The van der Waals surface area contributed by atoms with Crippen molar-refractivity contribution < 1.29 is 22.7 Å². The number of rotatable bonds is 8. The van der Waals surface area contributed by atoms with Gasteiger partial charge in [0.15, 0.2) is 0 Å². The Morgan fingerprint density at radius 1 is 1.03 bits per heavy atom. The number of anilines is 1. The zero-order valence-electron chi connectivity index (χ0n) is 18.4. The summed E-state index contributed by atoms with van der Waals surface area (Å²) in [5.41, 5.74) is 1.59. The van der Waals surface area contributed by atoms with E-state index in [1.807, 2.05) is 6.92 Å². The fraction of sp³-hybridized carbons (Fsp3) is 0.391. The van der Waals surface area contributed by atoms with Crippen LogP contribution in [0.15, 0.2) is 47.4 Å². The van der Waals surface area contributed by atoms with Crippen molar-refractivity contribution in [3.63, 3.8) is 0 Å². The number of benzene rings is 2. The van der Waals surface area contributed by atoms with Crippen LogP contribution in [0.3, 0.4) is 0 Å². The Morgan fingerprint density at radius 2 is 1.75 bits per heavy atom. The summed E-state index contributed by atoms with van der Waals surface area (Å²) >= 11 is 0. The van der Waals surface area contributed by atoms with E-state index in [4.69, 9.17) is 4.74 Å². The normalized spacial score (nSPS) is 14.7. The number of ether oxygens (including phenoxy) is 1. The van der Waals surface area contributed by atoms with E-state index < -0.39 is 15.9 Å². The number of carbonyl (C=O) groups is 2. The lowest BCUT2D eigenvalue weighted by Crippen LogP contribution is -2.40. The highest BCUT2D eigenvalue weighted by Gasteiger charge is 2.27. The van der Waals surface area contributed by atoms with Crippen LogP contribution in [0.1, 0.15) is 46.0 Å². The summed E-state index contributed by atoms with van der Waals surface area (Å²) in [6.07, 6.45) is 1.82. The highest BCUT2D eigenvalue weighted by molar-refractivity contribution is 7.89. The van der Waals surface area contributed by atoms with Gasteiger partial charge in [0.05, 0.1) is 29.4 Å². The molecule has 1 fully saturated rings. The first kappa shape index (κ1) is 23.9. The zero-order chi connectivity index (χ0) is 23.1. The molecule has 9 heteroatoms. The molecule has 0 bridgehead atoms. The predicted molar refractivity (Wildman–Crippen MR) is 122 cm³/mol. The minimum Gasteiger partial charge on any atom is -0.379 e. The van der Waals surface area contributed by atoms with Crippen LogP contribution in [0.25, 0.3) is 0 Å². The second-order valence-electron chi connectivity index (χ2n) is 7.60. The van der Waals surface area contributed by atoms with E-state index >= 15 is 0 Å². The SMILES string of the molecule is CCCCNC(=O)c1ccccc1NC(=O)c1cc(S(=O)(=O)N2CCOCC2)ccc1C. The van der Waals surface area contributed by atoms with Crippen molar-refractivity contribution in [2.24, 2.45) is 0 Å². The molecule has 1 aliphatic heterocycles. The molecule has 0 spiro atoms. The Morgan fingerprint density at radius 3 is 2.47 bits per heavy atom. The maximum atomic E-state index is 13.1. The number of hydrogen-bond acceptors (Lipinski definition) is 5. The van der Waals surface area contributed by atoms with Crippen molar-refractivity contribution in [2.45, 2.75) is 31.6 Å². The van der Waals surface area contributed by atoms with Crippen molar-refractivity contribution in [1.82, 2.24) is 9.62 Å². The zero-order valence-corrected chi connectivity index (χ0v) is 19.2. The molecule has 8 nitrogen and oxygen atoms in total. The molecule has 0 radical (unpaired) electrons. The predicted octanol–water partition coefficient (Wildman–Crippen LogP) is 2.80. The van der Waals surface area contributed by atoms with E-state index in [0.29, 0.717) is 36.6 Å². The summed E-state index contributed by atoms with van der Waals surface area (Å²) in [7, 11) is -3.73. The van der Waals surface area contributed by atoms with Gasteiger partial charge in [0.25, 0.3) is 11.8 Å². The first-order valence-corrected chi connectivity index (χ1v) is 12.2. The standard InChI is InChI=1S/C23H29N3O5S/c1-3-4-11-24-22(27)19-7-5-6-8-21(19)25-23(28)20-16-18(10-9-17(20)2)32(29,30)26-12-14-31-15-13-26/h5-10,16H,3-4,11-15H2,1-2H3,(H,24,27)(H,25,28). The number of amides is 2. The summed E-state index contributed by atoms with van der Waals surface area (Å²) in [6.45, 7) is 5.57. The summed E-state index contributed by atoms with van der Waals surface area (Å²) in [4.78, 5) is 25.6. The second kappa shape index (κ2) is 10.7. The lowest BCUT2D eigenvalue weighted by molar-refractivity contribution is 0.0730. The van der Waals surface area contributed by atoms with Crippen LogP contribution in [0.5, 0.6) is 0 Å². The molecule has 2 amide bonds. The summed E-state index contributed by atoms with van der Waals surface area (Å²) in [5, 5.41) is 5.61. The number of carbonyl (C=O) groups excluding carboxylic acids is 2. The minimum absolute atomic E-state index is 0.0562. The Hall–Kier alpha value is -2.75. The molecule has 1 aliphatic rings. The Labute approximate surface area is 189 Å². The van der Waals surface area contributed by atoms with Crippen LogP contribution in [0.2, 0.25) is 0 Å². The van der Waals surface area contributed by atoms with Crippen LogP contribution in [0.4, 0.5) is 5.69 Å². The van der Waals surface area contributed by atoms with Gasteiger partial charge in [0.1, 0.15) is 0 Å². The van der Waals surface area contributed by atoms with Gasteiger partial charge in [-0.1, -0.05) is 31.5 Å². The number of para-hydroxylation sites is 1. The van der Waals surface area contributed by atoms with Gasteiger partial charge in [0, 0.05) is 25.2 Å². The fourth-order valence-electron chi connectivity index (χ4n) is 3.40. The summed E-state index contributed by atoms with van der Waals surface area (Å²) < 4.78 is 32.6. The van der Waals surface area contributed by atoms with E-state index in [1.165, 1.54) is 16.4 Å². The third kappa shape index (κ3) is 5.53. The molecule has 1 saturated heterocycles. The van der Waals surface area contributed by atoms with E-state index in [-0.39, 0.29) is 29.5 Å². The molecule has 0 aliphatic carbocycles. The maximum absolute atomic E-state index is 13.1. The van der Waals surface area contributed by atoms with Crippen molar-refractivity contribution in [1.29, 1.82) is 0 Å². The number of morpholine rings is 1. The van der Waals surface area contributed by atoms with Gasteiger partial charge in [-0.3, -0.25) is 9.59 Å². The average Bonchev–Trinajstić information content (AvgIpc) is 2.80. The van der Waals surface area contributed by atoms with Crippen molar-refractivity contribution in [3.05, 3.63) is 59.2 Å². The van der Waals surface area contributed by atoms with Gasteiger partial charge in [-0.2, -0.15) is 4.31 Å². The molecule has 3 rings (SSSR count). The van der Waals surface area contributed by atoms with Crippen molar-refractivity contribution in [3.8, 4) is 0 Å². The molecule has 2 aromatic carbocycles. The molecule has 2 aromatic rings. The van der Waals surface area contributed by atoms with Crippen LogP contribution in [-0.4, -0.2) is 57.4 Å². The number of nitrogens with zero attached hydrogens (tertiary/aromatic N) is 1. The largest absolute Gasteiger partial charge is 0.379 e. The molecule has 0 atom stereocenters. The smallest absolute Gasteiger partial charge is 0.255 e. The highest BCUT2D eigenvalue weighted by atomic mass is 32.2. The molecule has 0 unspecified atom stereocenters. The fourth-order valence-corrected chi connectivity index (χ4v) is 4.83. The number of unbranched alkanes of at least 4 members (excludes halogenated alkanes) is 1. The number of aryl methyl sites for hydroxylation is 1. The molecular formula is C23H29N3O5S.